The van der Waals surface area contributed by atoms with Crippen LogP contribution in [0.2, 0.25) is 0 Å². The van der Waals surface area contributed by atoms with Gasteiger partial charge in [0.25, 0.3) is 0 Å². The lowest BCUT2D eigenvalue weighted by Crippen LogP contribution is -2.57. The number of nitrogens with two attached hydrogens (primary N) is 3. The molecule has 4 atom stereocenters. The summed E-state index contributed by atoms with van der Waals surface area (Å²) >= 11 is 0. The van der Waals surface area contributed by atoms with E-state index in [1.165, 1.54) is 13.8 Å². The molecule has 0 aliphatic carbocycles. The molecule has 0 aromatic rings. The van der Waals surface area contributed by atoms with Gasteiger partial charge in [-0.25, -0.2) is 0 Å². The predicted octanol–water partition coefficient (Wildman–Crippen LogP) is -4.06. The zero-order valence-electron chi connectivity index (χ0n) is 15.8. The van der Waals surface area contributed by atoms with E-state index in [9.17, 15) is 24.3 Å². The van der Waals surface area contributed by atoms with Gasteiger partial charge < -0.3 is 43.4 Å². The van der Waals surface area contributed by atoms with Gasteiger partial charge in [-0.05, 0) is 26.7 Å². The molecular formula is C15H29N7O6. The molecule has 0 spiro atoms. The maximum atomic E-state index is 12.5. The standard InChI is InChI=1S/C15H29N7O6/c1-7(16)11(24)21-9(4-3-5-19-15(17)18)12(25)22-10(6-23)13(26)20-8(2)14(27)28/h7-10,23H,3-6,16H2,1-2H3,(H,20,26)(H,21,24)(H,22,25)(H,27,28)(H4,17,18,19). The monoisotopic (exact) mass is 403 g/mol. The molecule has 0 radical (unpaired) electrons. The second-order valence-electron chi connectivity index (χ2n) is 6.11. The maximum Gasteiger partial charge on any atom is 0.325 e. The normalized spacial score (nSPS) is 14.7. The minimum Gasteiger partial charge on any atom is -0.480 e. The van der Waals surface area contributed by atoms with E-state index >= 15 is 0 Å². The van der Waals surface area contributed by atoms with Gasteiger partial charge in [0.15, 0.2) is 5.96 Å². The Morgan fingerprint density at radius 3 is 1.96 bits per heavy atom. The van der Waals surface area contributed by atoms with Crippen molar-refractivity contribution in [2.24, 2.45) is 22.2 Å². The molecule has 0 aromatic carbocycles. The molecule has 0 aromatic heterocycles. The molecule has 0 heterocycles. The number of hydrogen-bond acceptors (Lipinski definition) is 7. The summed E-state index contributed by atoms with van der Waals surface area (Å²) in [6.45, 7) is 2.10. The number of guanidine groups is 1. The number of carbonyl (C=O) groups is 4. The van der Waals surface area contributed by atoms with Crippen LogP contribution in [-0.4, -0.2) is 77.2 Å². The first-order chi connectivity index (χ1) is 13.0. The third-order valence-corrected chi connectivity index (χ3v) is 3.54. The van der Waals surface area contributed by atoms with Gasteiger partial charge in [0.05, 0.1) is 12.6 Å². The molecule has 0 rings (SSSR count). The SMILES string of the molecule is CC(N)C(=O)NC(CCCN=C(N)N)C(=O)NC(CO)C(=O)NC(C)C(=O)O. The first-order valence-electron chi connectivity index (χ1n) is 8.55. The predicted molar refractivity (Wildman–Crippen MR) is 99.7 cm³/mol. The number of aliphatic imine (C=N–C) groups is 1. The summed E-state index contributed by atoms with van der Waals surface area (Å²) in [5.74, 6) is -3.63. The van der Waals surface area contributed by atoms with Crippen LogP contribution in [-0.2, 0) is 19.2 Å². The summed E-state index contributed by atoms with van der Waals surface area (Å²) in [6, 6.07) is -4.55. The van der Waals surface area contributed by atoms with Crippen molar-refractivity contribution >= 4 is 29.7 Å². The van der Waals surface area contributed by atoms with Crippen LogP contribution in [0.25, 0.3) is 0 Å². The summed E-state index contributed by atoms with van der Waals surface area (Å²) in [6.07, 6.45) is 0.466. The van der Waals surface area contributed by atoms with E-state index in [0.29, 0.717) is 6.42 Å². The van der Waals surface area contributed by atoms with E-state index in [0.717, 1.165) is 0 Å². The van der Waals surface area contributed by atoms with Crippen molar-refractivity contribution in [3.8, 4) is 0 Å². The average Bonchev–Trinajstić information content (AvgIpc) is 2.60. The molecule has 4 unspecified atom stereocenters. The van der Waals surface area contributed by atoms with Crippen LogP contribution in [0.3, 0.4) is 0 Å². The Balaban J connectivity index is 5.05. The third kappa shape index (κ3) is 9.68. The fraction of sp³-hybridized carbons (Fsp3) is 0.667. The zero-order valence-corrected chi connectivity index (χ0v) is 15.8. The van der Waals surface area contributed by atoms with Crippen molar-refractivity contribution in [2.75, 3.05) is 13.2 Å². The highest BCUT2D eigenvalue weighted by Gasteiger charge is 2.28. The highest BCUT2D eigenvalue weighted by atomic mass is 16.4. The van der Waals surface area contributed by atoms with Crippen molar-refractivity contribution in [3.05, 3.63) is 0 Å². The van der Waals surface area contributed by atoms with E-state index in [2.05, 4.69) is 20.9 Å². The van der Waals surface area contributed by atoms with Crippen LogP contribution in [0.1, 0.15) is 26.7 Å². The van der Waals surface area contributed by atoms with E-state index in [-0.39, 0.29) is 18.9 Å². The average molecular weight is 403 g/mol. The number of nitrogens with one attached hydrogen (secondary N) is 3. The number of nitrogens with zero attached hydrogens (tertiary/aromatic N) is 1. The second-order valence-corrected chi connectivity index (χ2v) is 6.11. The van der Waals surface area contributed by atoms with E-state index < -0.39 is 54.5 Å². The van der Waals surface area contributed by atoms with Gasteiger partial charge in [-0.15, -0.1) is 0 Å². The van der Waals surface area contributed by atoms with Gasteiger partial charge in [-0.1, -0.05) is 0 Å². The van der Waals surface area contributed by atoms with Crippen molar-refractivity contribution in [3.63, 3.8) is 0 Å². The van der Waals surface area contributed by atoms with Crippen molar-refractivity contribution in [1.82, 2.24) is 16.0 Å². The first-order valence-corrected chi connectivity index (χ1v) is 8.55. The van der Waals surface area contributed by atoms with Crippen LogP contribution in [0.4, 0.5) is 0 Å². The Kier molecular flexibility index (Phi) is 11.2. The molecule has 3 amide bonds. The molecule has 160 valence electrons. The lowest BCUT2D eigenvalue weighted by atomic mass is 10.1. The molecule has 13 nitrogen and oxygen atoms in total. The second kappa shape index (κ2) is 12.5. The summed E-state index contributed by atoms with van der Waals surface area (Å²) in [7, 11) is 0. The molecule has 0 bridgehead atoms. The molecule has 28 heavy (non-hydrogen) atoms. The van der Waals surface area contributed by atoms with Crippen molar-refractivity contribution < 1.29 is 29.4 Å². The summed E-state index contributed by atoms with van der Waals surface area (Å²) in [4.78, 5) is 50.9. The molecule has 0 aliphatic heterocycles. The van der Waals surface area contributed by atoms with Crippen LogP contribution in [0.5, 0.6) is 0 Å². The van der Waals surface area contributed by atoms with E-state index in [1.54, 1.807) is 0 Å². The van der Waals surface area contributed by atoms with Gasteiger partial charge >= 0.3 is 5.97 Å². The fourth-order valence-corrected chi connectivity index (χ4v) is 1.92. The Morgan fingerprint density at radius 1 is 0.964 bits per heavy atom. The maximum absolute atomic E-state index is 12.5. The lowest BCUT2D eigenvalue weighted by Gasteiger charge is -2.23. The number of carboxylic acids is 1. The fourth-order valence-electron chi connectivity index (χ4n) is 1.92. The van der Waals surface area contributed by atoms with Gasteiger partial charge in [-0.3, -0.25) is 24.2 Å². The molecule has 11 N–H and O–H groups in total. The van der Waals surface area contributed by atoms with Gasteiger partial charge in [0.2, 0.25) is 17.7 Å². The molecule has 0 fully saturated rings. The van der Waals surface area contributed by atoms with Crippen LogP contribution < -0.4 is 33.2 Å². The van der Waals surface area contributed by atoms with Crippen molar-refractivity contribution in [2.45, 2.75) is 50.9 Å². The molecular weight excluding hydrogens is 374 g/mol. The largest absolute Gasteiger partial charge is 0.480 e. The number of carboxylic acid groups (broad SMARTS) is 1. The Hall–Kier alpha value is -2.93. The number of aliphatic hydroxyl groups excluding tert-OH is 1. The van der Waals surface area contributed by atoms with E-state index in [1.807, 2.05) is 0 Å². The zero-order chi connectivity index (χ0) is 21.9. The number of amides is 3. The number of hydrogen-bond donors (Lipinski definition) is 8. The minimum absolute atomic E-state index is 0.120. The molecule has 0 aliphatic rings. The van der Waals surface area contributed by atoms with Crippen LogP contribution in [0.15, 0.2) is 4.99 Å². The Labute approximate surface area is 162 Å². The van der Waals surface area contributed by atoms with Crippen molar-refractivity contribution in [1.29, 1.82) is 0 Å². The van der Waals surface area contributed by atoms with Crippen LogP contribution in [0, 0.1) is 0 Å². The summed E-state index contributed by atoms with van der Waals surface area (Å²) in [5, 5.41) is 25.0. The molecule has 13 heteroatoms. The topological polar surface area (TPSA) is 235 Å². The third-order valence-electron chi connectivity index (χ3n) is 3.54. The highest BCUT2D eigenvalue weighted by Crippen LogP contribution is 2.01. The lowest BCUT2D eigenvalue weighted by molar-refractivity contribution is -0.142. The molecule has 0 saturated heterocycles. The van der Waals surface area contributed by atoms with Gasteiger partial charge in [0.1, 0.15) is 18.1 Å². The van der Waals surface area contributed by atoms with Gasteiger partial charge in [0, 0.05) is 6.54 Å². The highest BCUT2D eigenvalue weighted by molar-refractivity contribution is 5.94. The first kappa shape index (κ1) is 25.1. The van der Waals surface area contributed by atoms with Gasteiger partial charge in [-0.2, -0.15) is 0 Å². The summed E-state index contributed by atoms with van der Waals surface area (Å²) in [5.41, 5.74) is 15.9. The Bertz CT molecular complexity index is 591. The smallest absolute Gasteiger partial charge is 0.325 e. The Morgan fingerprint density at radius 2 is 1.50 bits per heavy atom. The van der Waals surface area contributed by atoms with Crippen LogP contribution >= 0.6 is 0 Å². The summed E-state index contributed by atoms with van der Waals surface area (Å²) < 4.78 is 0. The number of rotatable bonds is 12. The van der Waals surface area contributed by atoms with E-state index in [4.69, 9.17) is 22.3 Å². The quantitative estimate of drug-likeness (QED) is 0.0897. The molecule has 0 saturated carbocycles. The number of aliphatic carboxylic acids is 1. The minimum atomic E-state index is -1.40. The number of aliphatic hydroxyl groups is 1. The number of carbonyl (C=O) groups excluding carboxylic acids is 3.